The molecule has 0 aliphatic heterocycles. The monoisotopic (exact) mass is 459 g/mol. The van der Waals surface area contributed by atoms with E-state index in [9.17, 15) is 5.26 Å². The molecule has 3 rings (SSSR count). The summed E-state index contributed by atoms with van der Waals surface area (Å²) in [5, 5.41) is 9.64. The van der Waals surface area contributed by atoms with E-state index in [1.165, 1.54) is 11.1 Å². The van der Waals surface area contributed by atoms with Crippen LogP contribution in [0.1, 0.15) is 22.5 Å². The SMILES string of the molecule is COc1cc(C=C(C#N)c2nc3cc(C)c(C)cc3[nH]2)cc(I)c1OC. The highest BCUT2D eigenvalue weighted by molar-refractivity contribution is 14.1. The van der Waals surface area contributed by atoms with E-state index < -0.39 is 0 Å². The molecule has 1 aromatic heterocycles. The lowest BCUT2D eigenvalue weighted by Gasteiger charge is -2.10. The third-order valence-corrected chi connectivity index (χ3v) is 5.04. The molecule has 0 radical (unpaired) electrons. The Balaban J connectivity index is 2.09. The smallest absolute Gasteiger partial charge is 0.174 e. The number of H-pyrrole nitrogens is 1. The van der Waals surface area contributed by atoms with Crippen molar-refractivity contribution in [1.82, 2.24) is 9.97 Å². The Morgan fingerprint density at radius 1 is 1.15 bits per heavy atom. The first-order valence-electron chi connectivity index (χ1n) is 7.97. The van der Waals surface area contributed by atoms with Crippen molar-refractivity contribution in [3.63, 3.8) is 0 Å². The Bertz CT molecular complexity index is 1020. The van der Waals surface area contributed by atoms with Crippen LogP contribution in [0, 0.1) is 28.7 Å². The minimum Gasteiger partial charge on any atom is -0.493 e. The summed E-state index contributed by atoms with van der Waals surface area (Å²) < 4.78 is 11.7. The highest BCUT2D eigenvalue weighted by Gasteiger charge is 2.13. The van der Waals surface area contributed by atoms with Crippen LogP contribution in [0.25, 0.3) is 22.7 Å². The average Bonchev–Trinajstić information content (AvgIpc) is 3.01. The summed E-state index contributed by atoms with van der Waals surface area (Å²) in [5.74, 6) is 1.86. The van der Waals surface area contributed by atoms with Crippen molar-refractivity contribution in [3.8, 4) is 17.6 Å². The molecule has 0 aliphatic rings. The molecule has 1 heterocycles. The number of hydrogen-bond donors (Lipinski definition) is 1. The molecular weight excluding hydrogens is 441 g/mol. The van der Waals surface area contributed by atoms with E-state index in [1.807, 2.05) is 18.2 Å². The Morgan fingerprint density at radius 3 is 2.54 bits per heavy atom. The molecule has 0 spiro atoms. The largest absolute Gasteiger partial charge is 0.493 e. The first-order valence-corrected chi connectivity index (χ1v) is 9.05. The van der Waals surface area contributed by atoms with Crippen molar-refractivity contribution >= 4 is 45.3 Å². The fourth-order valence-electron chi connectivity index (χ4n) is 2.74. The number of nitrogens with zero attached hydrogens (tertiary/aromatic N) is 2. The minimum absolute atomic E-state index is 0.458. The molecule has 0 saturated carbocycles. The van der Waals surface area contributed by atoms with Gasteiger partial charge in [0.1, 0.15) is 11.9 Å². The van der Waals surface area contributed by atoms with Gasteiger partial charge in [-0.15, -0.1) is 0 Å². The molecule has 0 unspecified atom stereocenters. The quantitative estimate of drug-likeness (QED) is 0.447. The van der Waals surface area contributed by atoms with Crippen LogP contribution >= 0.6 is 22.6 Å². The standard InChI is InChI=1S/C20H18IN3O2/c1-11-5-16-17(6-12(11)2)24-20(23-16)14(10-22)7-13-8-15(21)19(26-4)18(9-13)25-3/h5-9H,1-4H3,(H,23,24). The van der Waals surface area contributed by atoms with E-state index in [0.717, 1.165) is 20.2 Å². The van der Waals surface area contributed by atoms with Crippen LogP contribution in [-0.2, 0) is 0 Å². The van der Waals surface area contributed by atoms with Crippen molar-refractivity contribution in [3.05, 3.63) is 50.4 Å². The van der Waals surface area contributed by atoms with Gasteiger partial charge in [0.15, 0.2) is 11.5 Å². The maximum atomic E-state index is 9.64. The number of aryl methyl sites for hydroxylation is 2. The lowest BCUT2D eigenvalue weighted by atomic mass is 10.1. The molecule has 132 valence electrons. The summed E-state index contributed by atoms with van der Waals surface area (Å²) in [5.41, 5.74) is 5.44. The zero-order chi connectivity index (χ0) is 18.8. The molecule has 0 aliphatic carbocycles. The Morgan fingerprint density at radius 2 is 1.88 bits per heavy atom. The van der Waals surface area contributed by atoms with Crippen molar-refractivity contribution in [2.45, 2.75) is 13.8 Å². The van der Waals surface area contributed by atoms with Gasteiger partial charge in [-0.05, 0) is 83.5 Å². The maximum Gasteiger partial charge on any atom is 0.174 e. The second kappa shape index (κ2) is 7.38. The predicted molar refractivity (Wildman–Crippen MR) is 111 cm³/mol. The number of rotatable bonds is 4. The first kappa shape index (κ1) is 18.3. The molecule has 26 heavy (non-hydrogen) atoms. The molecule has 1 N–H and O–H groups in total. The molecule has 0 amide bonds. The number of ether oxygens (including phenoxy) is 2. The summed E-state index contributed by atoms with van der Waals surface area (Å²) in [6, 6.07) is 10.1. The number of benzene rings is 2. The lowest BCUT2D eigenvalue weighted by Crippen LogP contribution is -1.94. The van der Waals surface area contributed by atoms with Crippen LogP contribution in [-0.4, -0.2) is 24.2 Å². The highest BCUT2D eigenvalue weighted by Crippen LogP contribution is 2.34. The van der Waals surface area contributed by atoms with E-state index in [-0.39, 0.29) is 0 Å². The average molecular weight is 459 g/mol. The molecule has 0 fully saturated rings. The van der Waals surface area contributed by atoms with Gasteiger partial charge in [0.25, 0.3) is 0 Å². The zero-order valence-corrected chi connectivity index (χ0v) is 17.1. The number of halogens is 1. The Hall–Kier alpha value is -2.53. The van der Waals surface area contributed by atoms with Gasteiger partial charge in [0, 0.05) is 0 Å². The third-order valence-electron chi connectivity index (χ3n) is 4.24. The van der Waals surface area contributed by atoms with Crippen LogP contribution in [0.2, 0.25) is 0 Å². The second-order valence-electron chi connectivity index (χ2n) is 5.95. The molecular formula is C20H18IN3O2. The topological polar surface area (TPSA) is 70.9 Å². The van der Waals surface area contributed by atoms with E-state index in [1.54, 1.807) is 20.3 Å². The summed E-state index contributed by atoms with van der Waals surface area (Å²) in [6.45, 7) is 4.11. The fraction of sp³-hybridized carbons (Fsp3) is 0.200. The molecule has 0 saturated heterocycles. The molecule has 6 heteroatoms. The summed E-state index contributed by atoms with van der Waals surface area (Å²) in [4.78, 5) is 7.82. The highest BCUT2D eigenvalue weighted by atomic mass is 127. The van der Waals surface area contributed by atoms with Gasteiger partial charge in [0.05, 0.1) is 34.4 Å². The van der Waals surface area contributed by atoms with Gasteiger partial charge in [-0.1, -0.05) is 0 Å². The number of allylic oxidation sites excluding steroid dienone is 1. The Kier molecular flexibility index (Phi) is 5.18. The van der Waals surface area contributed by atoms with Gasteiger partial charge in [-0.2, -0.15) is 5.26 Å². The summed E-state index contributed by atoms with van der Waals surface area (Å²) in [6.07, 6.45) is 1.79. The van der Waals surface area contributed by atoms with Gasteiger partial charge < -0.3 is 14.5 Å². The van der Waals surface area contributed by atoms with Crippen LogP contribution in [0.3, 0.4) is 0 Å². The normalized spacial score (nSPS) is 11.5. The van der Waals surface area contributed by atoms with E-state index >= 15 is 0 Å². The van der Waals surface area contributed by atoms with E-state index in [2.05, 4.69) is 58.5 Å². The van der Waals surface area contributed by atoms with Crippen LogP contribution in [0.4, 0.5) is 0 Å². The number of methoxy groups -OCH3 is 2. The summed E-state index contributed by atoms with van der Waals surface area (Å²) >= 11 is 2.19. The van der Waals surface area contributed by atoms with Crippen molar-refractivity contribution < 1.29 is 9.47 Å². The van der Waals surface area contributed by atoms with Crippen LogP contribution in [0.5, 0.6) is 11.5 Å². The molecule has 0 bridgehead atoms. The van der Waals surface area contributed by atoms with Gasteiger partial charge in [-0.25, -0.2) is 4.98 Å². The van der Waals surface area contributed by atoms with Gasteiger partial charge >= 0.3 is 0 Å². The number of nitriles is 1. The molecule has 0 atom stereocenters. The second-order valence-corrected chi connectivity index (χ2v) is 7.11. The first-order chi connectivity index (χ1) is 12.5. The number of hydrogen-bond acceptors (Lipinski definition) is 4. The van der Waals surface area contributed by atoms with Gasteiger partial charge in [0.2, 0.25) is 0 Å². The van der Waals surface area contributed by atoms with E-state index in [0.29, 0.717) is 22.9 Å². The number of fused-ring (bicyclic) bond motifs is 1. The molecule has 3 aromatic rings. The lowest BCUT2D eigenvalue weighted by molar-refractivity contribution is 0.353. The van der Waals surface area contributed by atoms with Crippen molar-refractivity contribution in [1.29, 1.82) is 5.26 Å². The van der Waals surface area contributed by atoms with Crippen LogP contribution in [0.15, 0.2) is 24.3 Å². The van der Waals surface area contributed by atoms with Crippen LogP contribution < -0.4 is 9.47 Å². The maximum absolute atomic E-state index is 9.64. The summed E-state index contributed by atoms with van der Waals surface area (Å²) in [7, 11) is 3.20. The van der Waals surface area contributed by atoms with Crippen molar-refractivity contribution in [2.24, 2.45) is 0 Å². The minimum atomic E-state index is 0.458. The predicted octanol–water partition coefficient (Wildman–Crippen LogP) is 4.87. The fourth-order valence-corrected chi connectivity index (χ4v) is 3.58. The number of imidazole rings is 1. The van der Waals surface area contributed by atoms with Gasteiger partial charge in [-0.3, -0.25) is 0 Å². The molecule has 5 nitrogen and oxygen atoms in total. The van der Waals surface area contributed by atoms with Crippen molar-refractivity contribution in [2.75, 3.05) is 14.2 Å². The zero-order valence-electron chi connectivity index (χ0n) is 15.0. The Labute approximate surface area is 165 Å². The van der Waals surface area contributed by atoms with E-state index in [4.69, 9.17) is 9.47 Å². The number of aromatic amines is 1. The number of aromatic nitrogens is 2. The number of nitrogens with one attached hydrogen (secondary N) is 1. The molecule has 2 aromatic carbocycles. The third kappa shape index (κ3) is 3.40.